The third-order valence-corrected chi connectivity index (χ3v) is 4.62. The maximum absolute atomic E-state index is 12.1. The van der Waals surface area contributed by atoms with Crippen molar-refractivity contribution in [2.45, 2.75) is 39.0 Å². The first kappa shape index (κ1) is 15.2. The zero-order chi connectivity index (χ0) is 14.5. The second-order valence-corrected chi connectivity index (χ2v) is 6.08. The van der Waals surface area contributed by atoms with Crippen LogP contribution in [0.4, 0.5) is 0 Å². The quantitative estimate of drug-likeness (QED) is 0.882. The van der Waals surface area contributed by atoms with Crippen molar-refractivity contribution < 1.29 is 9.90 Å². The van der Waals surface area contributed by atoms with Crippen LogP contribution in [-0.4, -0.2) is 17.6 Å². The molecule has 0 unspecified atom stereocenters. The smallest absolute Gasteiger partial charge is 0.252 e. The van der Waals surface area contributed by atoms with Gasteiger partial charge < -0.3 is 10.4 Å². The van der Waals surface area contributed by atoms with Gasteiger partial charge in [-0.25, -0.2) is 0 Å². The number of amides is 1. The summed E-state index contributed by atoms with van der Waals surface area (Å²) in [6, 6.07) is 4.43. The Bertz CT molecular complexity index is 468. The first-order valence-corrected chi connectivity index (χ1v) is 7.74. The van der Waals surface area contributed by atoms with Crippen LogP contribution in [0.3, 0.4) is 0 Å². The Kier molecular flexibility index (Phi) is 5.30. The molecule has 0 radical (unpaired) electrons. The summed E-state index contributed by atoms with van der Waals surface area (Å²) in [6.07, 6.45) is 6.17. The van der Waals surface area contributed by atoms with Gasteiger partial charge in [0, 0.05) is 6.54 Å². The molecule has 2 rings (SSSR count). The highest BCUT2D eigenvalue weighted by atomic mass is 35.5. The van der Waals surface area contributed by atoms with E-state index < -0.39 is 0 Å². The van der Waals surface area contributed by atoms with Gasteiger partial charge in [-0.1, -0.05) is 37.8 Å². The van der Waals surface area contributed by atoms with Gasteiger partial charge in [-0.2, -0.15) is 0 Å². The van der Waals surface area contributed by atoms with Crippen molar-refractivity contribution in [2.24, 2.45) is 11.8 Å². The lowest BCUT2D eigenvalue weighted by Gasteiger charge is -2.27. The summed E-state index contributed by atoms with van der Waals surface area (Å²) < 4.78 is 0. The van der Waals surface area contributed by atoms with Crippen LogP contribution in [0.15, 0.2) is 18.2 Å². The third-order valence-electron chi connectivity index (χ3n) is 4.29. The molecule has 0 saturated heterocycles. The van der Waals surface area contributed by atoms with E-state index in [2.05, 4.69) is 12.2 Å². The highest BCUT2D eigenvalue weighted by Crippen LogP contribution is 2.30. The lowest BCUT2D eigenvalue weighted by Crippen LogP contribution is -2.31. The van der Waals surface area contributed by atoms with E-state index in [0.717, 1.165) is 5.92 Å². The predicted molar refractivity (Wildman–Crippen MR) is 81.2 cm³/mol. The lowest BCUT2D eigenvalue weighted by atomic mass is 9.81. The minimum atomic E-state index is -0.205. The second-order valence-electron chi connectivity index (χ2n) is 5.67. The summed E-state index contributed by atoms with van der Waals surface area (Å²) in [6.45, 7) is 2.94. The summed E-state index contributed by atoms with van der Waals surface area (Å²) in [5.74, 6) is 1.28. The molecule has 0 heterocycles. The Labute approximate surface area is 125 Å². The maximum atomic E-state index is 12.1. The van der Waals surface area contributed by atoms with E-state index in [0.29, 0.717) is 23.0 Å². The van der Waals surface area contributed by atoms with Crippen molar-refractivity contribution in [2.75, 3.05) is 6.54 Å². The molecule has 20 heavy (non-hydrogen) atoms. The molecule has 1 aromatic rings. The molecule has 0 atom stereocenters. The molecule has 2 N–H and O–H groups in total. The third kappa shape index (κ3) is 3.89. The van der Waals surface area contributed by atoms with E-state index in [9.17, 15) is 9.90 Å². The van der Waals surface area contributed by atoms with E-state index in [-0.39, 0.29) is 11.7 Å². The number of aromatic hydroxyl groups is 1. The van der Waals surface area contributed by atoms with E-state index >= 15 is 0 Å². The molecule has 1 amide bonds. The van der Waals surface area contributed by atoms with Gasteiger partial charge in [0.2, 0.25) is 0 Å². The van der Waals surface area contributed by atoms with Gasteiger partial charge in [0.05, 0.1) is 10.6 Å². The van der Waals surface area contributed by atoms with Crippen molar-refractivity contribution in [1.82, 2.24) is 5.32 Å². The van der Waals surface area contributed by atoms with Gasteiger partial charge in [-0.3, -0.25) is 4.79 Å². The van der Waals surface area contributed by atoms with Crippen molar-refractivity contribution in [3.63, 3.8) is 0 Å². The minimum absolute atomic E-state index is 0.0583. The standard InChI is InChI=1S/C16H22ClNO2/c1-2-11-3-5-12(6-4-11)10-18-16(20)14-9-13(19)7-8-15(14)17/h7-9,11-12,19H,2-6,10H2,1H3,(H,18,20). The van der Waals surface area contributed by atoms with Crippen LogP contribution >= 0.6 is 11.6 Å². The van der Waals surface area contributed by atoms with Crippen LogP contribution in [-0.2, 0) is 0 Å². The average molecular weight is 296 g/mol. The highest BCUT2D eigenvalue weighted by molar-refractivity contribution is 6.33. The summed E-state index contributed by atoms with van der Waals surface area (Å²) in [5.41, 5.74) is 0.342. The second kappa shape index (κ2) is 6.98. The van der Waals surface area contributed by atoms with E-state index in [1.54, 1.807) is 0 Å². The van der Waals surface area contributed by atoms with Crippen LogP contribution in [0, 0.1) is 11.8 Å². The Balaban J connectivity index is 1.85. The number of hydrogen-bond acceptors (Lipinski definition) is 2. The lowest BCUT2D eigenvalue weighted by molar-refractivity contribution is 0.0941. The average Bonchev–Trinajstić information content (AvgIpc) is 2.47. The number of phenolic OH excluding ortho intramolecular Hbond substituents is 1. The molecule has 1 aliphatic rings. The monoisotopic (exact) mass is 295 g/mol. The molecule has 1 aromatic carbocycles. The normalized spacial score (nSPS) is 22.5. The molecule has 0 aliphatic heterocycles. The molecule has 3 nitrogen and oxygen atoms in total. The van der Waals surface area contributed by atoms with Gasteiger partial charge in [0.25, 0.3) is 5.91 Å². The number of nitrogens with one attached hydrogen (secondary N) is 1. The molecule has 4 heteroatoms. The highest BCUT2D eigenvalue weighted by Gasteiger charge is 2.21. The predicted octanol–water partition coefficient (Wildman–Crippen LogP) is 3.99. The van der Waals surface area contributed by atoms with Crippen LogP contribution < -0.4 is 5.32 Å². The Morgan fingerprint density at radius 2 is 1.95 bits per heavy atom. The van der Waals surface area contributed by atoms with Crippen molar-refractivity contribution in [3.8, 4) is 5.75 Å². The molecule has 1 fully saturated rings. The number of benzene rings is 1. The van der Waals surface area contributed by atoms with Crippen molar-refractivity contribution in [3.05, 3.63) is 28.8 Å². The molecule has 1 saturated carbocycles. The van der Waals surface area contributed by atoms with Crippen molar-refractivity contribution in [1.29, 1.82) is 0 Å². The summed E-state index contributed by atoms with van der Waals surface area (Å²) >= 11 is 5.98. The minimum Gasteiger partial charge on any atom is -0.508 e. The largest absolute Gasteiger partial charge is 0.508 e. The fraction of sp³-hybridized carbons (Fsp3) is 0.562. The van der Waals surface area contributed by atoms with Crippen LogP contribution in [0.25, 0.3) is 0 Å². The van der Waals surface area contributed by atoms with E-state index in [4.69, 9.17) is 11.6 Å². The number of carbonyl (C=O) groups excluding carboxylic acids is 1. The first-order valence-electron chi connectivity index (χ1n) is 7.36. The first-order chi connectivity index (χ1) is 9.60. The SMILES string of the molecule is CCC1CCC(CNC(=O)c2cc(O)ccc2Cl)CC1. The number of rotatable bonds is 4. The number of hydrogen-bond donors (Lipinski definition) is 2. The molecule has 0 aromatic heterocycles. The maximum Gasteiger partial charge on any atom is 0.252 e. The Morgan fingerprint density at radius 3 is 2.60 bits per heavy atom. The zero-order valence-electron chi connectivity index (χ0n) is 11.9. The number of carbonyl (C=O) groups is 1. The van der Waals surface area contributed by atoms with Gasteiger partial charge in [-0.15, -0.1) is 0 Å². The van der Waals surface area contributed by atoms with Crippen molar-refractivity contribution >= 4 is 17.5 Å². The Morgan fingerprint density at radius 1 is 1.30 bits per heavy atom. The van der Waals surface area contributed by atoms with E-state index in [1.165, 1.54) is 50.3 Å². The van der Waals surface area contributed by atoms with E-state index in [1.807, 2.05) is 0 Å². The number of phenols is 1. The molecule has 0 spiro atoms. The molecule has 1 aliphatic carbocycles. The van der Waals surface area contributed by atoms with Gasteiger partial charge in [-0.05, 0) is 42.9 Å². The summed E-state index contributed by atoms with van der Waals surface area (Å²) in [7, 11) is 0. The molecular formula is C16H22ClNO2. The van der Waals surface area contributed by atoms with Crippen LogP contribution in [0.5, 0.6) is 5.75 Å². The summed E-state index contributed by atoms with van der Waals surface area (Å²) in [4.78, 5) is 12.1. The molecular weight excluding hydrogens is 274 g/mol. The van der Waals surface area contributed by atoms with Gasteiger partial charge >= 0.3 is 0 Å². The Hall–Kier alpha value is -1.22. The fourth-order valence-corrected chi connectivity index (χ4v) is 3.07. The van der Waals surface area contributed by atoms with Gasteiger partial charge in [0.15, 0.2) is 0 Å². The fourth-order valence-electron chi connectivity index (χ4n) is 2.86. The molecule has 110 valence electrons. The topological polar surface area (TPSA) is 49.3 Å². The zero-order valence-corrected chi connectivity index (χ0v) is 12.6. The summed E-state index contributed by atoms with van der Waals surface area (Å²) in [5, 5.41) is 12.7. The van der Waals surface area contributed by atoms with Crippen LogP contribution in [0.2, 0.25) is 5.02 Å². The number of halogens is 1. The van der Waals surface area contributed by atoms with Crippen LogP contribution in [0.1, 0.15) is 49.4 Å². The van der Waals surface area contributed by atoms with Gasteiger partial charge in [0.1, 0.15) is 5.75 Å². The molecule has 0 bridgehead atoms.